The molecule has 0 radical (unpaired) electrons. The molecule has 1 aromatic rings. The monoisotopic (exact) mass is 454 g/mol. The maximum atomic E-state index is 4.42. The van der Waals surface area contributed by atoms with Crippen molar-refractivity contribution in [2.45, 2.75) is 43.6 Å². The van der Waals surface area contributed by atoms with Crippen LogP contribution in [0.3, 0.4) is 0 Å². The second kappa shape index (κ2) is 8.25. The van der Waals surface area contributed by atoms with Crippen LogP contribution >= 0.6 is 24.0 Å². The van der Waals surface area contributed by atoms with Crippen LogP contribution in [-0.4, -0.2) is 50.1 Å². The summed E-state index contributed by atoms with van der Waals surface area (Å²) in [7, 11) is 1.88. The number of aliphatic imine (C=N–C) groups is 1. The first kappa shape index (κ1) is 19.0. The van der Waals surface area contributed by atoms with Gasteiger partial charge >= 0.3 is 0 Å². The molecule has 3 fully saturated rings. The second-order valence-electron chi connectivity index (χ2n) is 7.83. The minimum atomic E-state index is 0. The van der Waals surface area contributed by atoms with E-state index >= 15 is 0 Å². The summed E-state index contributed by atoms with van der Waals surface area (Å²) >= 11 is 0. The average molecular weight is 454 g/mol. The van der Waals surface area contributed by atoms with Crippen molar-refractivity contribution in [1.82, 2.24) is 15.5 Å². The molecule has 2 aliphatic carbocycles. The van der Waals surface area contributed by atoms with Gasteiger partial charge in [-0.3, -0.25) is 4.99 Å². The highest BCUT2D eigenvalue weighted by Crippen LogP contribution is 2.47. The summed E-state index contributed by atoms with van der Waals surface area (Å²) in [5.41, 5.74) is 1.79. The third-order valence-electron chi connectivity index (χ3n) is 6.00. The van der Waals surface area contributed by atoms with Gasteiger partial charge in [0.25, 0.3) is 0 Å². The van der Waals surface area contributed by atoms with Crippen molar-refractivity contribution in [2.75, 3.05) is 33.2 Å². The van der Waals surface area contributed by atoms with E-state index in [-0.39, 0.29) is 24.0 Å². The Morgan fingerprint density at radius 1 is 1.16 bits per heavy atom. The molecule has 0 bridgehead atoms. The van der Waals surface area contributed by atoms with Crippen LogP contribution in [-0.2, 0) is 5.41 Å². The van der Waals surface area contributed by atoms with Gasteiger partial charge in [-0.2, -0.15) is 0 Å². The van der Waals surface area contributed by atoms with Gasteiger partial charge in [0.05, 0.1) is 0 Å². The zero-order valence-electron chi connectivity index (χ0n) is 15.2. The molecule has 5 heteroatoms. The Morgan fingerprint density at radius 2 is 1.92 bits per heavy atom. The summed E-state index contributed by atoms with van der Waals surface area (Å²) in [5.74, 6) is 1.73. The minimum absolute atomic E-state index is 0. The number of hydrogen-bond acceptors (Lipinski definition) is 2. The minimum Gasteiger partial charge on any atom is -0.356 e. The van der Waals surface area contributed by atoms with Crippen molar-refractivity contribution >= 4 is 29.9 Å². The molecule has 0 spiro atoms. The molecule has 0 aromatic heterocycles. The van der Waals surface area contributed by atoms with Gasteiger partial charge in [-0.1, -0.05) is 30.3 Å². The van der Waals surface area contributed by atoms with Gasteiger partial charge < -0.3 is 15.5 Å². The first-order valence-electron chi connectivity index (χ1n) is 9.53. The maximum Gasteiger partial charge on any atom is 0.191 e. The molecular weight excluding hydrogens is 423 g/mol. The fourth-order valence-corrected chi connectivity index (χ4v) is 4.03. The molecule has 1 aliphatic heterocycles. The molecule has 138 valence electrons. The van der Waals surface area contributed by atoms with E-state index in [0.29, 0.717) is 5.41 Å². The van der Waals surface area contributed by atoms with Crippen molar-refractivity contribution in [3.63, 3.8) is 0 Å². The Labute approximate surface area is 168 Å². The van der Waals surface area contributed by atoms with Gasteiger partial charge in [0.1, 0.15) is 0 Å². The molecule has 1 saturated heterocycles. The molecule has 25 heavy (non-hydrogen) atoms. The normalized spacial score (nSPS) is 25.3. The zero-order chi connectivity index (χ0) is 16.4. The lowest BCUT2D eigenvalue weighted by atomic mass is 9.96. The summed E-state index contributed by atoms with van der Waals surface area (Å²) in [6.45, 7) is 4.58. The Balaban J connectivity index is 0.00000182. The molecule has 2 N–H and O–H groups in total. The van der Waals surface area contributed by atoms with E-state index in [1.165, 1.54) is 50.8 Å². The van der Waals surface area contributed by atoms with Gasteiger partial charge in [-0.15, -0.1) is 24.0 Å². The number of hydrogen-bond donors (Lipinski definition) is 2. The highest BCUT2D eigenvalue weighted by molar-refractivity contribution is 14.0. The van der Waals surface area contributed by atoms with Crippen LogP contribution < -0.4 is 10.6 Å². The molecule has 4 rings (SSSR count). The van der Waals surface area contributed by atoms with Crippen LogP contribution in [0.4, 0.5) is 0 Å². The van der Waals surface area contributed by atoms with E-state index < -0.39 is 0 Å². The fourth-order valence-electron chi connectivity index (χ4n) is 4.03. The predicted molar refractivity (Wildman–Crippen MR) is 115 cm³/mol. The smallest absolute Gasteiger partial charge is 0.191 e. The first-order chi connectivity index (χ1) is 11.8. The van der Waals surface area contributed by atoms with Crippen LogP contribution in [0.5, 0.6) is 0 Å². The largest absolute Gasteiger partial charge is 0.356 e. The van der Waals surface area contributed by atoms with Crippen molar-refractivity contribution in [3.8, 4) is 0 Å². The van der Waals surface area contributed by atoms with Crippen LogP contribution in [0, 0.1) is 5.92 Å². The standard InChI is InChI=1S/C20H30N4.HI/c1-21-19(22-13-16-9-12-24(14-16)18-7-8-18)23-15-20(10-11-20)17-5-3-2-4-6-17;/h2-6,16,18H,7-15H2,1H3,(H2,21,22,23);1H. The molecule has 2 saturated carbocycles. The Morgan fingerprint density at radius 3 is 2.56 bits per heavy atom. The summed E-state index contributed by atoms with van der Waals surface area (Å²) in [5, 5.41) is 7.12. The van der Waals surface area contributed by atoms with E-state index in [1.54, 1.807) is 0 Å². The number of rotatable bonds is 6. The zero-order valence-corrected chi connectivity index (χ0v) is 17.5. The third-order valence-corrected chi connectivity index (χ3v) is 6.00. The maximum absolute atomic E-state index is 4.42. The Kier molecular flexibility index (Phi) is 6.25. The molecule has 4 nitrogen and oxygen atoms in total. The van der Waals surface area contributed by atoms with Crippen LogP contribution in [0.1, 0.15) is 37.7 Å². The van der Waals surface area contributed by atoms with Crippen molar-refractivity contribution < 1.29 is 0 Å². The lowest BCUT2D eigenvalue weighted by molar-refractivity contribution is 0.314. The number of nitrogens with one attached hydrogen (secondary N) is 2. The molecular formula is C20H31IN4. The number of halogens is 1. The highest BCUT2D eigenvalue weighted by atomic mass is 127. The summed E-state index contributed by atoms with van der Waals surface area (Å²) in [4.78, 5) is 7.10. The van der Waals surface area contributed by atoms with Crippen LogP contribution in [0.15, 0.2) is 35.3 Å². The Bertz CT molecular complexity index is 581. The average Bonchev–Trinajstić information content (AvgIpc) is 3.56. The number of guanidine groups is 1. The second-order valence-corrected chi connectivity index (χ2v) is 7.83. The molecule has 1 heterocycles. The van der Waals surface area contributed by atoms with Crippen molar-refractivity contribution in [1.29, 1.82) is 0 Å². The van der Waals surface area contributed by atoms with E-state index in [9.17, 15) is 0 Å². The van der Waals surface area contributed by atoms with E-state index in [0.717, 1.165) is 31.0 Å². The SMILES string of the molecule is CN=C(NCC1CCN(C2CC2)C1)NCC1(c2ccccc2)CC1.I. The lowest BCUT2D eigenvalue weighted by Crippen LogP contribution is -2.43. The summed E-state index contributed by atoms with van der Waals surface area (Å²) in [6.07, 6.45) is 6.73. The van der Waals surface area contributed by atoms with Gasteiger partial charge in [0, 0.05) is 38.1 Å². The number of likely N-dealkylation sites (tertiary alicyclic amines) is 1. The number of nitrogens with zero attached hydrogens (tertiary/aromatic N) is 2. The predicted octanol–water partition coefficient (Wildman–Crippen LogP) is 2.99. The van der Waals surface area contributed by atoms with E-state index in [4.69, 9.17) is 0 Å². The number of benzene rings is 1. The van der Waals surface area contributed by atoms with Gasteiger partial charge in [0.2, 0.25) is 0 Å². The summed E-state index contributed by atoms with van der Waals surface area (Å²) in [6, 6.07) is 11.8. The molecule has 1 unspecified atom stereocenters. The van der Waals surface area contributed by atoms with E-state index in [2.05, 4.69) is 50.9 Å². The van der Waals surface area contributed by atoms with Gasteiger partial charge in [-0.05, 0) is 50.1 Å². The quantitative estimate of drug-likeness (QED) is 0.395. The molecule has 0 amide bonds. The lowest BCUT2D eigenvalue weighted by Gasteiger charge is -2.20. The molecule has 3 aliphatic rings. The summed E-state index contributed by atoms with van der Waals surface area (Å²) < 4.78 is 0. The first-order valence-corrected chi connectivity index (χ1v) is 9.53. The third kappa shape index (κ3) is 4.67. The van der Waals surface area contributed by atoms with Crippen LogP contribution in [0.25, 0.3) is 0 Å². The van der Waals surface area contributed by atoms with E-state index in [1.807, 2.05) is 7.05 Å². The molecule has 1 atom stereocenters. The fraction of sp³-hybridized carbons (Fsp3) is 0.650. The Hall–Kier alpha value is -0.820. The van der Waals surface area contributed by atoms with Gasteiger partial charge in [0.15, 0.2) is 5.96 Å². The van der Waals surface area contributed by atoms with Crippen molar-refractivity contribution in [2.24, 2.45) is 10.9 Å². The van der Waals surface area contributed by atoms with Crippen molar-refractivity contribution in [3.05, 3.63) is 35.9 Å². The van der Waals surface area contributed by atoms with Gasteiger partial charge in [-0.25, -0.2) is 0 Å². The topological polar surface area (TPSA) is 39.7 Å². The van der Waals surface area contributed by atoms with Crippen LogP contribution in [0.2, 0.25) is 0 Å². The molecule has 1 aromatic carbocycles. The highest BCUT2D eigenvalue weighted by Gasteiger charge is 2.44.